The van der Waals surface area contributed by atoms with E-state index < -0.39 is 11.6 Å². The van der Waals surface area contributed by atoms with Gasteiger partial charge in [-0.05, 0) is 35.9 Å². The van der Waals surface area contributed by atoms with Crippen molar-refractivity contribution in [2.24, 2.45) is 0 Å². The molecule has 0 N–H and O–H groups in total. The minimum Gasteiger partial charge on any atom is -0.294 e. The van der Waals surface area contributed by atoms with Crippen LogP contribution in [0.2, 0.25) is 10.0 Å². The predicted molar refractivity (Wildman–Crippen MR) is 70.9 cm³/mol. The number of hydrogen-bond donors (Lipinski definition) is 0. The Bertz CT molecular complexity index is 641. The summed E-state index contributed by atoms with van der Waals surface area (Å²) in [6.45, 7) is 0. The van der Waals surface area contributed by atoms with Crippen molar-refractivity contribution >= 4 is 29.0 Å². The van der Waals surface area contributed by atoms with Crippen LogP contribution in [0, 0.1) is 11.6 Å². The molecule has 0 fully saturated rings. The van der Waals surface area contributed by atoms with Gasteiger partial charge in [-0.25, -0.2) is 8.78 Å². The van der Waals surface area contributed by atoms with Crippen LogP contribution >= 0.6 is 23.2 Å². The number of benzene rings is 2. The fourth-order valence-electron chi connectivity index (χ4n) is 1.65. The van der Waals surface area contributed by atoms with E-state index in [9.17, 15) is 13.6 Å². The third kappa shape index (κ3) is 3.31. The number of ketones is 1. The van der Waals surface area contributed by atoms with Crippen molar-refractivity contribution in [2.45, 2.75) is 6.42 Å². The maximum atomic E-state index is 13.0. The second-order valence-electron chi connectivity index (χ2n) is 3.97. The zero-order valence-electron chi connectivity index (χ0n) is 9.59. The van der Waals surface area contributed by atoms with E-state index in [2.05, 4.69) is 0 Å². The standard InChI is InChI=1S/C14H8Cl2F2O/c15-9-2-3-10(11(16)7-9)14(19)6-8-1-4-12(17)13(18)5-8/h1-5,7H,6H2. The van der Waals surface area contributed by atoms with Gasteiger partial charge in [0.1, 0.15) is 0 Å². The highest BCUT2D eigenvalue weighted by atomic mass is 35.5. The molecule has 0 saturated heterocycles. The van der Waals surface area contributed by atoms with Crippen molar-refractivity contribution < 1.29 is 13.6 Å². The summed E-state index contributed by atoms with van der Waals surface area (Å²) in [5, 5.41) is 0.662. The molecule has 0 heterocycles. The van der Waals surface area contributed by atoms with Crippen LogP contribution in [0.5, 0.6) is 0 Å². The normalized spacial score (nSPS) is 10.5. The topological polar surface area (TPSA) is 17.1 Å². The van der Waals surface area contributed by atoms with Crippen LogP contribution in [0.25, 0.3) is 0 Å². The van der Waals surface area contributed by atoms with Gasteiger partial charge < -0.3 is 0 Å². The van der Waals surface area contributed by atoms with E-state index in [0.29, 0.717) is 16.1 Å². The van der Waals surface area contributed by atoms with E-state index >= 15 is 0 Å². The highest BCUT2D eigenvalue weighted by Crippen LogP contribution is 2.22. The SMILES string of the molecule is O=C(Cc1ccc(F)c(F)c1)c1ccc(Cl)cc1Cl. The Morgan fingerprint density at radius 2 is 1.74 bits per heavy atom. The van der Waals surface area contributed by atoms with Crippen LogP contribution in [0.15, 0.2) is 36.4 Å². The minimum absolute atomic E-state index is 0.0570. The van der Waals surface area contributed by atoms with E-state index in [1.54, 1.807) is 6.07 Å². The van der Waals surface area contributed by atoms with Crippen LogP contribution in [0.3, 0.4) is 0 Å². The number of carbonyl (C=O) groups excluding carboxylic acids is 1. The van der Waals surface area contributed by atoms with Crippen LogP contribution in [-0.4, -0.2) is 5.78 Å². The van der Waals surface area contributed by atoms with Gasteiger partial charge in [-0.3, -0.25) is 4.79 Å². The van der Waals surface area contributed by atoms with Crippen LogP contribution < -0.4 is 0 Å². The summed E-state index contributed by atoms with van der Waals surface area (Å²) in [5.74, 6) is -2.21. The van der Waals surface area contributed by atoms with Gasteiger partial charge in [-0.15, -0.1) is 0 Å². The number of halogens is 4. The van der Waals surface area contributed by atoms with E-state index in [1.807, 2.05) is 0 Å². The lowest BCUT2D eigenvalue weighted by Gasteiger charge is -2.05. The molecule has 2 rings (SSSR count). The Kier molecular flexibility index (Phi) is 4.17. The zero-order valence-corrected chi connectivity index (χ0v) is 11.1. The summed E-state index contributed by atoms with van der Waals surface area (Å²) in [6.07, 6.45) is -0.0570. The molecule has 0 atom stereocenters. The van der Waals surface area contributed by atoms with Gasteiger partial charge >= 0.3 is 0 Å². The molecule has 98 valence electrons. The second-order valence-corrected chi connectivity index (χ2v) is 4.82. The fourth-order valence-corrected chi connectivity index (χ4v) is 2.16. The van der Waals surface area contributed by atoms with Crippen LogP contribution in [0.1, 0.15) is 15.9 Å². The van der Waals surface area contributed by atoms with Gasteiger partial charge in [0.25, 0.3) is 0 Å². The largest absolute Gasteiger partial charge is 0.294 e. The summed E-state index contributed by atoms with van der Waals surface area (Å²) >= 11 is 11.6. The average Bonchev–Trinajstić information content (AvgIpc) is 2.33. The Morgan fingerprint density at radius 3 is 2.37 bits per heavy atom. The first-order chi connectivity index (χ1) is 8.97. The number of Topliss-reactive ketones (excluding diaryl/α,β-unsaturated/α-hetero) is 1. The minimum atomic E-state index is -0.979. The molecule has 0 radical (unpaired) electrons. The van der Waals surface area contributed by atoms with Crippen molar-refractivity contribution in [1.29, 1.82) is 0 Å². The summed E-state index contributed by atoms with van der Waals surface area (Å²) in [7, 11) is 0. The van der Waals surface area contributed by atoms with Crippen molar-refractivity contribution in [1.82, 2.24) is 0 Å². The molecule has 0 aliphatic heterocycles. The number of hydrogen-bond acceptors (Lipinski definition) is 1. The molecule has 0 bridgehead atoms. The van der Waals surface area contributed by atoms with Crippen LogP contribution in [0.4, 0.5) is 8.78 Å². The van der Waals surface area contributed by atoms with Crippen molar-refractivity contribution in [3.05, 3.63) is 69.2 Å². The lowest BCUT2D eigenvalue weighted by molar-refractivity contribution is 0.0993. The molecule has 2 aromatic carbocycles. The molecule has 1 nitrogen and oxygen atoms in total. The Morgan fingerprint density at radius 1 is 1.00 bits per heavy atom. The molecule has 0 unspecified atom stereocenters. The molecule has 2 aromatic rings. The maximum Gasteiger partial charge on any atom is 0.168 e. The van der Waals surface area contributed by atoms with E-state index in [1.165, 1.54) is 18.2 Å². The maximum absolute atomic E-state index is 13.0. The van der Waals surface area contributed by atoms with Crippen LogP contribution in [-0.2, 0) is 6.42 Å². The smallest absolute Gasteiger partial charge is 0.168 e. The zero-order chi connectivity index (χ0) is 14.0. The average molecular weight is 301 g/mol. The summed E-state index contributed by atoms with van der Waals surface area (Å²) in [4.78, 5) is 12.0. The third-order valence-corrected chi connectivity index (χ3v) is 3.13. The number of carbonyl (C=O) groups is 1. The van der Waals surface area contributed by atoms with Gasteiger partial charge in [0.15, 0.2) is 17.4 Å². The molecule has 0 aliphatic carbocycles. The Hall–Kier alpha value is -1.45. The van der Waals surface area contributed by atoms with Gasteiger partial charge in [-0.2, -0.15) is 0 Å². The first-order valence-electron chi connectivity index (χ1n) is 5.39. The second kappa shape index (κ2) is 5.68. The van der Waals surface area contributed by atoms with Gasteiger partial charge in [0.05, 0.1) is 5.02 Å². The summed E-state index contributed by atoms with van der Waals surface area (Å²) < 4.78 is 25.8. The summed E-state index contributed by atoms with van der Waals surface area (Å²) in [5.41, 5.74) is 0.686. The monoisotopic (exact) mass is 300 g/mol. The predicted octanol–water partition coefficient (Wildman–Crippen LogP) is 4.70. The first kappa shape index (κ1) is 14.0. The van der Waals surface area contributed by atoms with Gasteiger partial charge in [0.2, 0.25) is 0 Å². The van der Waals surface area contributed by atoms with Gasteiger partial charge in [0, 0.05) is 17.0 Å². The third-order valence-electron chi connectivity index (χ3n) is 2.58. The van der Waals surface area contributed by atoms with Gasteiger partial charge in [-0.1, -0.05) is 29.3 Å². The quantitative estimate of drug-likeness (QED) is 0.751. The number of rotatable bonds is 3. The molecule has 19 heavy (non-hydrogen) atoms. The van der Waals surface area contributed by atoms with E-state index in [4.69, 9.17) is 23.2 Å². The Labute approximate surface area is 118 Å². The highest BCUT2D eigenvalue weighted by Gasteiger charge is 2.12. The highest BCUT2D eigenvalue weighted by molar-refractivity contribution is 6.36. The molecule has 5 heteroatoms. The first-order valence-corrected chi connectivity index (χ1v) is 6.15. The lowest BCUT2D eigenvalue weighted by atomic mass is 10.0. The molecular weight excluding hydrogens is 293 g/mol. The van der Waals surface area contributed by atoms with Crippen molar-refractivity contribution in [3.8, 4) is 0 Å². The van der Waals surface area contributed by atoms with Crippen molar-refractivity contribution in [3.63, 3.8) is 0 Å². The molecule has 0 aliphatic rings. The molecule has 0 amide bonds. The lowest BCUT2D eigenvalue weighted by Crippen LogP contribution is -2.05. The Balaban J connectivity index is 2.23. The summed E-state index contributed by atoms with van der Waals surface area (Å²) in [6, 6.07) is 7.86. The van der Waals surface area contributed by atoms with Crippen molar-refractivity contribution in [2.75, 3.05) is 0 Å². The van der Waals surface area contributed by atoms with E-state index in [0.717, 1.165) is 12.1 Å². The molecule has 0 aromatic heterocycles. The molecule has 0 spiro atoms. The fraction of sp³-hybridized carbons (Fsp3) is 0.0714. The molecular formula is C14H8Cl2F2O. The van der Waals surface area contributed by atoms with E-state index in [-0.39, 0.29) is 17.2 Å². The molecule has 0 saturated carbocycles.